The summed E-state index contributed by atoms with van der Waals surface area (Å²) in [4.78, 5) is 34.4. The van der Waals surface area contributed by atoms with Gasteiger partial charge >= 0.3 is 5.69 Å². The molecule has 0 aliphatic heterocycles. The van der Waals surface area contributed by atoms with Gasteiger partial charge in [-0.25, -0.2) is 9.78 Å². The van der Waals surface area contributed by atoms with Crippen LogP contribution in [0.5, 0.6) is 5.88 Å². The Morgan fingerprint density at radius 1 is 1.11 bits per heavy atom. The van der Waals surface area contributed by atoms with Crippen molar-refractivity contribution in [3.05, 3.63) is 93.7 Å². The molecule has 9 nitrogen and oxygen atoms in total. The first kappa shape index (κ1) is 26.1. The molecule has 194 valence electrons. The Kier molecular flexibility index (Phi) is 8.03. The Labute approximate surface area is 216 Å². The summed E-state index contributed by atoms with van der Waals surface area (Å²) in [7, 11) is 1.50. The molecule has 0 saturated carbocycles. The van der Waals surface area contributed by atoms with Crippen molar-refractivity contribution in [2.75, 3.05) is 20.2 Å². The standard InChI is InChI=1S/C28H34N6O3/c1-19(2)25(32(16-8-15-29)27(35)22-13-11-20(3)12-14-22)26-30-23-17-24(37-4)31-34(23)28(36)33(26)18-21-9-6-5-7-10-21/h5-7,9-14,17,19,25H,8,15-16,18,29H2,1-4H3/t25-/m1/s1. The number of hydrogen-bond acceptors (Lipinski definition) is 6. The van der Waals surface area contributed by atoms with E-state index < -0.39 is 6.04 Å². The number of aryl methyl sites for hydroxylation is 1. The maximum absolute atomic E-state index is 13.9. The minimum Gasteiger partial charge on any atom is -0.480 e. The van der Waals surface area contributed by atoms with Crippen LogP contribution in [0.15, 0.2) is 65.5 Å². The summed E-state index contributed by atoms with van der Waals surface area (Å²) in [5.74, 6) is 0.619. The van der Waals surface area contributed by atoms with Crippen molar-refractivity contribution >= 4 is 11.6 Å². The van der Waals surface area contributed by atoms with Crippen LogP contribution >= 0.6 is 0 Å². The molecule has 1 atom stereocenters. The number of aromatic nitrogens is 4. The van der Waals surface area contributed by atoms with Crippen molar-refractivity contribution in [2.24, 2.45) is 11.7 Å². The van der Waals surface area contributed by atoms with E-state index in [1.807, 2.05) is 75.4 Å². The highest BCUT2D eigenvalue weighted by Crippen LogP contribution is 2.30. The van der Waals surface area contributed by atoms with E-state index in [0.717, 1.165) is 11.1 Å². The number of benzene rings is 2. The van der Waals surface area contributed by atoms with Crippen molar-refractivity contribution in [1.82, 2.24) is 24.1 Å². The highest BCUT2D eigenvalue weighted by atomic mass is 16.5. The van der Waals surface area contributed by atoms with E-state index in [2.05, 4.69) is 5.10 Å². The van der Waals surface area contributed by atoms with Crippen LogP contribution in [0.1, 0.15) is 53.6 Å². The number of hydrogen-bond donors (Lipinski definition) is 1. The molecular weight excluding hydrogens is 468 g/mol. The maximum Gasteiger partial charge on any atom is 0.352 e. The molecule has 2 aromatic carbocycles. The second kappa shape index (κ2) is 11.4. The van der Waals surface area contributed by atoms with E-state index in [0.29, 0.717) is 42.4 Å². The second-order valence-electron chi connectivity index (χ2n) is 9.48. The molecule has 2 N–H and O–H groups in total. The lowest BCUT2D eigenvalue weighted by atomic mass is 9.99. The zero-order valence-electron chi connectivity index (χ0n) is 21.8. The first-order valence-corrected chi connectivity index (χ1v) is 12.5. The first-order valence-electron chi connectivity index (χ1n) is 12.5. The molecule has 0 spiro atoms. The smallest absolute Gasteiger partial charge is 0.352 e. The average molecular weight is 503 g/mol. The minimum atomic E-state index is -0.484. The van der Waals surface area contributed by atoms with E-state index in [4.69, 9.17) is 15.5 Å². The molecule has 4 aromatic rings. The van der Waals surface area contributed by atoms with E-state index in [1.165, 1.54) is 11.6 Å². The lowest BCUT2D eigenvalue weighted by Gasteiger charge is -2.35. The number of fused-ring (bicyclic) bond motifs is 1. The Hall–Kier alpha value is -3.98. The van der Waals surface area contributed by atoms with Crippen LogP contribution < -0.4 is 16.2 Å². The van der Waals surface area contributed by atoms with Crippen molar-refractivity contribution < 1.29 is 9.53 Å². The number of amides is 1. The fourth-order valence-corrected chi connectivity index (χ4v) is 4.49. The number of carbonyl (C=O) groups is 1. The summed E-state index contributed by atoms with van der Waals surface area (Å²) in [5, 5.41) is 4.27. The third-order valence-corrected chi connectivity index (χ3v) is 6.37. The lowest BCUT2D eigenvalue weighted by Crippen LogP contribution is -2.43. The van der Waals surface area contributed by atoms with E-state index in [-0.39, 0.29) is 24.1 Å². The molecule has 0 unspecified atom stereocenters. The fourth-order valence-electron chi connectivity index (χ4n) is 4.49. The van der Waals surface area contributed by atoms with E-state index in [9.17, 15) is 9.59 Å². The molecule has 9 heteroatoms. The Balaban J connectivity index is 1.91. The van der Waals surface area contributed by atoms with Crippen LogP contribution in [0.2, 0.25) is 0 Å². The fraction of sp³-hybridized carbons (Fsp3) is 0.357. The minimum absolute atomic E-state index is 0.0478. The van der Waals surface area contributed by atoms with Gasteiger partial charge in [0.15, 0.2) is 5.65 Å². The summed E-state index contributed by atoms with van der Waals surface area (Å²) in [5.41, 5.74) is 8.48. The first-order chi connectivity index (χ1) is 17.8. The highest BCUT2D eigenvalue weighted by Gasteiger charge is 2.33. The van der Waals surface area contributed by atoms with Crippen LogP contribution in [-0.4, -0.2) is 50.2 Å². The van der Waals surface area contributed by atoms with Crippen LogP contribution in [0.25, 0.3) is 5.65 Å². The number of nitrogens with zero attached hydrogens (tertiary/aromatic N) is 5. The monoisotopic (exact) mass is 502 g/mol. The van der Waals surface area contributed by atoms with Crippen LogP contribution in [0.4, 0.5) is 0 Å². The van der Waals surface area contributed by atoms with Crippen molar-refractivity contribution in [3.63, 3.8) is 0 Å². The molecule has 0 radical (unpaired) electrons. The quantitative estimate of drug-likeness (QED) is 0.356. The van der Waals surface area contributed by atoms with Crippen molar-refractivity contribution in [3.8, 4) is 5.88 Å². The molecular formula is C28H34N6O3. The summed E-state index contributed by atoms with van der Waals surface area (Å²) in [6, 6.07) is 18.4. The van der Waals surface area contributed by atoms with Gasteiger partial charge in [-0.1, -0.05) is 61.9 Å². The molecule has 0 aliphatic carbocycles. The number of carbonyl (C=O) groups excluding carboxylic acids is 1. The average Bonchev–Trinajstić information content (AvgIpc) is 3.32. The van der Waals surface area contributed by atoms with Gasteiger partial charge in [0, 0.05) is 18.2 Å². The third kappa shape index (κ3) is 5.56. The second-order valence-corrected chi connectivity index (χ2v) is 9.48. The maximum atomic E-state index is 13.9. The number of methoxy groups -OCH3 is 1. The topological polar surface area (TPSA) is 108 Å². The van der Waals surface area contributed by atoms with Crippen LogP contribution in [0, 0.1) is 12.8 Å². The van der Waals surface area contributed by atoms with Gasteiger partial charge in [0.1, 0.15) is 5.82 Å². The summed E-state index contributed by atoms with van der Waals surface area (Å²) in [6.07, 6.45) is 0.618. The zero-order valence-corrected chi connectivity index (χ0v) is 21.8. The summed E-state index contributed by atoms with van der Waals surface area (Å²) in [6.45, 7) is 7.20. The number of nitrogens with two attached hydrogens (primary N) is 1. The molecule has 37 heavy (non-hydrogen) atoms. The van der Waals surface area contributed by atoms with Gasteiger partial charge in [0.2, 0.25) is 5.88 Å². The summed E-state index contributed by atoms with van der Waals surface area (Å²) >= 11 is 0. The number of ether oxygens (including phenoxy) is 1. The van der Waals surface area contributed by atoms with Gasteiger partial charge in [-0.3, -0.25) is 9.36 Å². The molecule has 1 amide bonds. The van der Waals surface area contributed by atoms with E-state index in [1.54, 1.807) is 15.5 Å². The van der Waals surface area contributed by atoms with Gasteiger partial charge in [-0.15, -0.1) is 5.10 Å². The Morgan fingerprint density at radius 2 is 1.81 bits per heavy atom. The SMILES string of the molecule is COc1cc2nc([C@@H](C(C)C)N(CCCN)C(=O)c3ccc(C)cc3)n(Cc3ccccc3)c(=O)n2n1. The predicted molar refractivity (Wildman–Crippen MR) is 143 cm³/mol. The van der Waals surface area contributed by atoms with Gasteiger partial charge in [0.25, 0.3) is 5.91 Å². The van der Waals surface area contributed by atoms with Crippen molar-refractivity contribution in [2.45, 2.75) is 39.8 Å². The van der Waals surface area contributed by atoms with Gasteiger partial charge in [0.05, 0.1) is 19.7 Å². The molecule has 0 saturated heterocycles. The number of rotatable bonds is 10. The molecule has 0 aliphatic rings. The predicted octanol–water partition coefficient (Wildman–Crippen LogP) is 3.44. The molecule has 2 heterocycles. The lowest BCUT2D eigenvalue weighted by molar-refractivity contribution is 0.0601. The molecule has 4 rings (SSSR count). The summed E-state index contributed by atoms with van der Waals surface area (Å²) < 4.78 is 8.12. The zero-order chi connectivity index (χ0) is 26.5. The van der Waals surface area contributed by atoms with Crippen molar-refractivity contribution in [1.29, 1.82) is 0 Å². The Morgan fingerprint density at radius 3 is 2.43 bits per heavy atom. The van der Waals surface area contributed by atoms with E-state index >= 15 is 0 Å². The van der Waals surface area contributed by atoms with Crippen LogP contribution in [-0.2, 0) is 6.54 Å². The molecule has 0 fully saturated rings. The Bertz CT molecular complexity index is 1410. The molecule has 0 bridgehead atoms. The largest absolute Gasteiger partial charge is 0.480 e. The van der Waals surface area contributed by atoms with Gasteiger partial charge < -0.3 is 15.4 Å². The highest BCUT2D eigenvalue weighted by molar-refractivity contribution is 5.94. The molecule has 2 aromatic heterocycles. The normalized spacial score (nSPS) is 12.2. The third-order valence-electron chi connectivity index (χ3n) is 6.37. The van der Waals surface area contributed by atoms with Crippen LogP contribution in [0.3, 0.4) is 0 Å². The van der Waals surface area contributed by atoms with Gasteiger partial charge in [-0.2, -0.15) is 4.52 Å². The van der Waals surface area contributed by atoms with Gasteiger partial charge in [-0.05, 0) is 43.5 Å².